The molecule has 0 bridgehead atoms. The van der Waals surface area contributed by atoms with Crippen LogP contribution in [-0.4, -0.2) is 10.5 Å². The van der Waals surface area contributed by atoms with Crippen molar-refractivity contribution in [1.82, 2.24) is 0 Å². The van der Waals surface area contributed by atoms with Crippen molar-refractivity contribution in [1.29, 1.82) is 0 Å². The molecule has 0 atom stereocenters. The van der Waals surface area contributed by atoms with E-state index in [-0.39, 0.29) is 4.75 Å². The average molecular weight is 171 g/mol. The van der Waals surface area contributed by atoms with Crippen LogP contribution in [0.2, 0.25) is 0 Å². The van der Waals surface area contributed by atoms with Crippen LogP contribution in [0.3, 0.4) is 0 Å². The van der Waals surface area contributed by atoms with Gasteiger partial charge >= 0.3 is 0 Å². The highest BCUT2D eigenvalue weighted by Gasteiger charge is 2.24. The highest BCUT2D eigenvalue weighted by Crippen LogP contribution is 2.33. The van der Waals surface area contributed by atoms with Gasteiger partial charge in [-0.1, -0.05) is 0 Å². The second kappa shape index (κ2) is 3.18. The second-order valence-electron chi connectivity index (χ2n) is 4.21. The molecule has 1 aliphatic carbocycles. The second-order valence-corrected chi connectivity index (χ2v) is 5.80. The molecule has 0 amide bonds. The minimum Gasteiger partial charge on any atom is -0.225 e. The molecule has 1 saturated carbocycles. The Labute approximate surface area is 73.8 Å². The van der Waals surface area contributed by atoms with Crippen LogP contribution in [0.4, 0.5) is 0 Å². The topological polar surface area (TPSA) is 12.4 Å². The van der Waals surface area contributed by atoms with Crippen LogP contribution in [-0.2, 0) is 0 Å². The summed E-state index contributed by atoms with van der Waals surface area (Å²) in [5.74, 6) is 0.824. The molecule has 64 valence electrons. The molecule has 1 aliphatic rings. The molecule has 0 aliphatic heterocycles. The predicted molar refractivity (Wildman–Crippen MR) is 53.2 cm³/mol. The Balaban J connectivity index is 2.33. The summed E-state index contributed by atoms with van der Waals surface area (Å²) in [6, 6.07) is 0. The molecular weight excluding hydrogens is 154 g/mol. The van der Waals surface area contributed by atoms with Crippen molar-refractivity contribution in [2.24, 2.45) is 10.3 Å². The maximum absolute atomic E-state index is 4.49. The first-order valence-corrected chi connectivity index (χ1v) is 4.99. The van der Waals surface area contributed by atoms with Crippen LogP contribution < -0.4 is 0 Å². The molecule has 1 fully saturated rings. The van der Waals surface area contributed by atoms with Crippen LogP contribution in [0.5, 0.6) is 0 Å². The normalized spacial score (nSPS) is 20.5. The third-order valence-corrected chi connectivity index (χ3v) is 2.56. The van der Waals surface area contributed by atoms with E-state index in [9.17, 15) is 0 Å². The first kappa shape index (κ1) is 9.11. The van der Waals surface area contributed by atoms with Gasteiger partial charge in [0.05, 0.1) is 0 Å². The first-order valence-electron chi connectivity index (χ1n) is 4.22. The van der Waals surface area contributed by atoms with Gasteiger partial charge in [-0.3, -0.25) is 0 Å². The highest BCUT2D eigenvalue weighted by atomic mass is 32.2. The fourth-order valence-electron chi connectivity index (χ4n) is 0.785. The lowest BCUT2D eigenvalue weighted by Crippen LogP contribution is -2.06. The molecule has 1 rings (SSSR count). The zero-order chi connectivity index (χ0) is 8.48. The number of hydrogen-bond acceptors (Lipinski definition) is 2. The van der Waals surface area contributed by atoms with Gasteiger partial charge in [0, 0.05) is 10.5 Å². The van der Waals surface area contributed by atoms with Gasteiger partial charge in [-0.15, -0.1) is 0 Å². The smallest absolute Gasteiger partial charge is 0.0294 e. The van der Waals surface area contributed by atoms with Crippen molar-refractivity contribution in [2.75, 3.05) is 0 Å². The number of hydrogen-bond donors (Lipinski definition) is 0. The van der Waals surface area contributed by atoms with Crippen molar-refractivity contribution >= 4 is 17.7 Å². The van der Waals surface area contributed by atoms with Gasteiger partial charge in [0.2, 0.25) is 0 Å². The van der Waals surface area contributed by atoms with Crippen molar-refractivity contribution in [2.45, 2.75) is 45.3 Å². The Morgan fingerprint density at radius 1 is 1.36 bits per heavy atom. The number of rotatable bonds is 2. The summed E-state index contributed by atoms with van der Waals surface area (Å²) < 4.78 is 4.76. The minimum atomic E-state index is 0.274. The van der Waals surface area contributed by atoms with Crippen molar-refractivity contribution < 1.29 is 0 Å². The standard InChI is InChI=1S/C9H17NS/c1-7(8-5-6-8)10-11-9(2,3)4/h8H,5-6H2,1-4H3. The van der Waals surface area contributed by atoms with Crippen molar-refractivity contribution in [3.63, 3.8) is 0 Å². The largest absolute Gasteiger partial charge is 0.225 e. The summed E-state index contributed by atoms with van der Waals surface area (Å²) >= 11 is 1.70. The number of nitrogens with zero attached hydrogens (tertiary/aromatic N) is 1. The molecule has 0 aromatic heterocycles. The van der Waals surface area contributed by atoms with Crippen molar-refractivity contribution in [3.8, 4) is 0 Å². The molecular formula is C9H17NS. The van der Waals surface area contributed by atoms with Gasteiger partial charge in [0.25, 0.3) is 0 Å². The van der Waals surface area contributed by atoms with E-state index in [1.54, 1.807) is 11.9 Å². The summed E-state index contributed by atoms with van der Waals surface area (Å²) in [5.41, 5.74) is 1.34. The Hall–Kier alpha value is 0.0200. The maximum atomic E-state index is 4.49. The third-order valence-electron chi connectivity index (χ3n) is 1.63. The summed E-state index contributed by atoms with van der Waals surface area (Å²) in [7, 11) is 0. The molecule has 0 heterocycles. The zero-order valence-electron chi connectivity index (χ0n) is 7.85. The minimum absolute atomic E-state index is 0.274. The van der Waals surface area contributed by atoms with E-state index in [4.69, 9.17) is 0 Å². The summed E-state index contributed by atoms with van der Waals surface area (Å²) in [6.45, 7) is 8.74. The van der Waals surface area contributed by atoms with E-state index < -0.39 is 0 Å². The van der Waals surface area contributed by atoms with Crippen LogP contribution >= 0.6 is 11.9 Å². The molecule has 0 spiro atoms. The first-order chi connectivity index (χ1) is 4.99. The Kier molecular flexibility index (Phi) is 2.63. The Bertz CT molecular complexity index is 163. The molecule has 0 radical (unpaired) electrons. The van der Waals surface area contributed by atoms with Crippen LogP contribution in [0.25, 0.3) is 0 Å². The van der Waals surface area contributed by atoms with E-state index in [0.29, 0.717) is 0 Å². The van der Waals surface area contributed by atoms with E-state index in [0.717, 1.165) is 5.92 Å². The summed E-state index contributed by atoms with van der Waals surface area (Å²) in [6.07, 6.45) is 2.72. The highest BCUT2D eigenvalue weighted by molar-refractivity contribution is 7.99. The molecule has 2 heteroatoms. The molecule has 0 aromatic rings. The molecule has 0 aromatic carbocycles. The lowest BCUT2D eigenvalue weighted by Gasteiger charge is -2.13. The van der Waals surface area contributed by atoms with Gasteiger partial charge in [-0.2, -0.15) is 0 Å². The van der Waals surface area contributed by atoms with Crippen LogP contribution in [0, 0.1) is 5.92 Å². The quantitative estimate of drug-likeness (QED) is 0.458. The lowest BCUT2D eigenvalue weighted by atomic mass is 10.3. The molecule has 11 heavy (non-hydrogen) atoms. The van der Waals surface area contributed by atoms with Gasteiger partial charge in [-0.05, 0) is 58.4 Å². The average Bonchev–Trinajstić information content (AvgIpc) is 2.61. The Morgan fingerprint density at radius 3 is 2.27 bits per heavy atom. The third kappa shape index (κ3) is 3.80. The zero-order valence-corrected chi connectivity index (χ0v) is 8.66. The van der Waals surface area contributed by atoms with Gasteiger partial charge in [0.1, 0.15) is 0 Å². The Morgan fingerprint density at radius 2 is 1.91 bits per heavy atom. The van der Waals surface area contributed by atoms with Crippen molar-refractivity contribution in [3.05, 3.63) is 0 Å². The molecule has 0 unspecified atom stereocenters. The fraction of sp³-hybridized carbons (Fsp3) is 0.889. The van der Waals surface area contributed by atoms with E-state index in [1.807, 2.05) is 0 Å². The maximum Gasteiger partial charge on any atom is 0.0294 e. The van der Waals surface area contributed by atoms with E-state index >= 15 is 0 Å². The van der Waals surface area contributed by atoms with Gasteiger partial charge < -0.3 is 0 Å². The lowest BCUT2D eigenvalue weighted by molar-refractivity contribution is 0.804. The molecule has 1 nitrogen and oxygen atoms in total. The SMILES string of the molecule is CC(=NSC(C)(C)C)C1CC1. The van der Waals surface area contributed by atoms with Gasteiger partial charge in [-0.25, -0.2) is 4.40 Å². The molecule has 0 N–H and O–H groups in total. The monoisotopic (exact) mass is 171 g/mol. The fourth-order valence-corrected chi connectivity index (χ4v) is 1.35. The van der Waals surface area contributed by atoms with E-state index in [1.165, 1.54) is 18.6 Å². The van der Waals surface area contributed by atoms with E-state index in [2.05, 4.69) is 32.1 Å². The molecule has 0 saturated heterocycles. The summed E-state index contributed by atoms with van der Waals surface area (Å²) in [5, 5.41) is 0. The van der Waals surface area contributed by atoms with Gasteiger partial charge in [0.15, 0.2) is 0 Å². The predicted octanol–water partition coefficient (Wildman–Crippen LogP) is 3.30. The summed E-state index contributed by atoms with van der Waals surface area (Å²) in [4.78, 5) is 0. The van der Waals surface area contributed by atoms with Crippen LogP contribution in [0.15, 0.2) is 4.40 Å². The van der Waals surface area contributed by atoms with Crippen LogP contribution in [0.1, 0.15) is 40.5 Å².